The highest BCUT2D eigenvalue weighted by Gasteiger charge is 2.46. The van der Waals surface area contributed by atoms with E-state index in [2.05, 4.69) is 10.6 Å². The van der Waals surface area contributed by atoms with Crippen LogP contribution < -0.4 is 10.6 Å². The fourth-order valence-electron chi connectivity index (χ4n) is 2.01. The lowest BCUT2D eigenvalue weighted by Crippen LogP contribution is -2.54. The number of rotatable bonds is 2. The number of halogens is 3. The molecule has 1 aliphatic heterocycles. The molecule has 1 saturated heterocycles. The Labute approximate surface area is 99.8 Å². The summed E-state index contributed by atoms with van der Waals surface area (Å²) in [5, 5.41) is 5.31. The minimum atomic E-state index is -2.90. The monoisotopic (exact) mass is 254 g/mol. The summed E-state index contributed by atoms with van der Waals surface area (Å²) in [6.45, 7) is 0.119. The van der Waals surface area contributed by atoms with Crippen molar-refractivity contribution in [1.82, 2.24) is 10.6 Å². The van der Waals surface area contributed by atoms with Crippen LogP contribution in [0.15, 0.2) is 0 Å². The Bertz CT molecular complexity index is 259. The van der Waals surface area contributed by atoms with Crippen LogP contribution in [-0.2, 0) is 4.79 Å². The number of alkyl halides is 2. The molecule has 2 aliphatic rings. The number of nitrogens with one attached hydrogen (secondary N) is 2. The van der Waals surface area contributed by atoms with Gasteiger partial charge in [-0.3, -0.25) is 4.79 Å². The van der Waals surface area contributed by atoms with E-state index >= 15 is 0 Å². The van der Waals surface area contributed by atoms with Crippen LogP contribution in [0.5, 0.6) is 0 Å². The van der Waals surface area contributed by atoms with Gasteiger partial charge in [-0.15, -0.1) is 12.4 Å². The SMILES string of the molecule is Cl.O=C(NC1CCC1)C1CCNCC1(F)F. The molecule has 1 unspecified atom stereocenters. The summed E-state index contributed by atoms with van der Waals surface area (Å²) in [5.74, 6) is -4.50. The van der Waals surface area contributed by atoms with Crippen LogP contribution in [0, 0.1) is 5.92 Å². The predicted octanol–water partition coefficient (Wildman–Crippen LogP) is 1.32. The maximum absolute atomic E-state index is 13.4. The first-order valence-electron chi connectivity index (χ1n) is 5.48. The Morgan fingerprint density at radius 1 is 1.31 bits per heavy atom. The van der Waals surface area contributed by atoms with Crippen molar-refractivity contribution in [3.05, 3.63) is 0 Å². The quantitative estimate of drug-likeness (QED) is 0.781. The van der Waals surface area contributed by atoms with Gasteiger partial charge in [-0.1, -0.05) is 0 Å². The van der Waals surface area contributed by atoms with Crippen molar-refractivity contribution in [2.24, 2.45) is 5.92 Å². The number of carbonyl (C=O) groups is 1. The Hall–Kier alpha value is -0.420. The fourth-order valence-corrected chi connectivity index (χ4v) is 2.01. The number of amides is 1. The van der Waals surface area contributed by atoms with E-state index in [1.807, 2.05) is 0 Å². The Balaban J connectivity index is 0.00000128. The standard InChI is InChI=1S/C10H16F2N2O.ClH/c11-10(12)6-13-5-4-8(10)9(15)14-7-2-1-3-7;/h7-8,13H,1-6H2,(H,14,15);1H. The van der Waals surface area contributed by atoms with Gasteiger partial charge in [0.1, 0.15) is 5.92 Å². The van der Waals surface area contributed by atoms with E-state index in [1.54, 1.807) is 0 Å². The van der Waals surface area contributed by atoms with Crippen molar-refractivity contribution < 1.29 is 13.6 Å². The lowest BCUT2D eigenvalue weighted by molar-refractivity contribution is -0.144. The zero-order chi connectivity index (χ0) is 10.9. The highest BCUT2D eigenvalue weighted by molar-refractivity contribution is 5.85. The number of carbonyl (C=O) groups excluding carboxylic acids is 1. The zero-order valence-electron chi connectivity index (χ0n) is 8.97. The van der Waals surface area contributed by atoms with Crippen LogP contribution in [0.4, 0.5) is 8.78 Å². The van der Waals surface area contributed by atoms with E-state index in [0.717, 1.165) is 19.3 Å². The molecular weight excluding hydrogens is 238 g/mol. The number of hydrogen-bond donors (Lipinski definition) is 2. The van der Waals surface area contributed by atoms with Crippen molar-refractivity contribution in [3.8, 4) is 0 Å². The third kappa shape index (κ3) is 2.83. The van der Waals surface area contributed by atoms with E-state index < -0.39 is 17.7 Å². The van der Waals surface area contributed by atoms with Gasteiger partial charge in [0.25, 0.3) is 5.92 Å². The molecule has 2 N–H and O–H groups in total. The molecule has 1 heterocycles. The average Bonchev–Trinajstić information content (AvgIpc) is 2.10. The van der Waals surface area contributed by atoms with Gasteiger partial charge in [-0.2, -0.15) is 0 Å². The van der Waals surface area contributed by atoms with E-state index in [9.17, 15) is 13.6 Å². The first-order valence-corrected chi connectivity index (χ1v) is 5.48. The fraction of sp³-hybridized carbons (Fsp3) is 0.900. The van der Waals surface area contributed by atoms with Crippen molar-refractivity contribution in [2.45, 2.75) is 37.6 Å². The molecule has 0 aromatic carbocycles. The van der Waals surface area contributed by atoms with Gasteiger partial charge in [0, 0.05) is 6.04 Å². The Kier molecular flexibility index (Phi) is 4.50. The summed E-state index contributed by atoms with van der Waals surface area (Å²) in [7, 11) is 0. The van der Waals surface area contributed by atoms with Gasteiger partial charge in [-0.25, -0.2) is 8.78 Å². The topological polar surface area (TPSA) is 41.1 Å². The van der Waals surface area contributed by atoms with Crippen LogP contribution in [-0.4, -0.2) is 31.0 Å². The molecule has 0 aromatic rings. The molecule has 0 spiro atoms. The van der Waals surface area contributed by atoms with Crippen LogP contribution in [0.25, 0.3) is 0 Å². The van der Waals surface area contributed by atoms with Gasteiger partial charge in [0.15, 0.2) is 0 Å². The normalized spacial score (nSPS) is 28.8. The summed E-state index contributed by atoms with van der Waals surface area (Å²) >= 11 is 0. The minimum Gasteiger partial charge on any atom is -0.353 e. The van der Waals surface area contributed by atoms with Crippen LogP contribution in [0.3, 0.4) is 0 Å². The minimum absolute atomic E-state index is 0. The van der Waals surface area contributed by atoms with Gasteiger partial charge in [0.2, 0.25) is 5.91 Å². The van der Waals surface area contributed by atoms with Crippen molar-refractivity contribution >= 4 is 18.3 Å². The predicted molar refractivity (Wildman–Crippen MR) is 59.0 cm³/mol. The molecule has 2 rings (SSSR count). The summed E-state index contributed by atoms with van der Waals surface area (Å²) in [6.07, 6.45) is 3.18. The Morgan fingerprint density at radius 2 is 2.00 bits per heavy atom. The molecule has 6 heteroatoms. The van der Waals surface area contributed by atoms with Gasteiger partial charge in [0.05, 0.1) is 6.54 Å². The largest absolute Gasteiger partial charge is 0.353 e. The van der Waals surface area contributed by atoms with Crippen molar-refractivity contribution in [3.63, 3.8) is 0 Å². The molecular formula is C10H17ClF2N2O. The lowest BCUT2D eigenvalue weighted by Gasteiger charge is -2.34. The second-order valence-corrected chi connectivity index (χ2v) is 4.42. The number of hydrogen-bond acceptors (Lipinski definition) is 2. The van der Waals surface area contributed by atoms with Crippen molar-refractivity contribution in [2.75, 3.05) is 13.1 Å². The second-order valence-electron chi connectivity index (χ2n) is 4.42. The zero-order valence-corrected chi connectivity index (χ0v) is 9.79. The van der Waals surface area contributed by atoms with Crippen LogP contribution in [0.1, 0.15) is 25.7 Å². The molecule has 1 amide bonds. The third-order valence-electron chi connectivity index (χ3n) is 3.25. The first-order chi connectivity index (χ1) is 7.09. The third-order valence-corrected chi connectivity index (χ3v) is 3.25. The summed E-state index contributed by atoms with van der Waals surface area (Å²) in [6, 6.07) is 0.142. The van der Waals surface area contributed by atoms with E-state index in [0.29, 0.717) is 6.54 Å². The van der Waals surface area contributed by atoms with Gasteiger partial charge in [-0.05, 0) is 32.2 Å². The van der Waals surface area contributed by atoms with Crippen LogP contribution >= 0.6 is 12.4 Å². The van der Waals surface area contributed by atoms with Crippen molar-refractivity contribution in [1.29, 1.82) is 0 Å². The average molecular weight is 255 g/mol. The first kappa shape index (κ1) is 13.6. The van der Waals surface area contributed by atoms with Gasteiger partial charge >= 0.3 is 0 Å². The van der Waals surface area contributed by atoms with Gasteiger partial charge < -0.3 is 10.6 Å². The molecule has 94 valence electrons. The molecule has 16 heavy (non-hydrogen) atoms. The molecule has 1 atom stereocenters. The highest BCUT2D eigenvalue weighted by Crippen LogP contribution is 2.30. The summed E-state index contributed by atoms with van der Waals surface area (Å²) in [4.78, 5) is 11.6. The molecule has 1 saturated carbocycles. The molecule has 3 nitrogen and oxygen atoms in total. The second kappa shape index (κ2) is 5.27. The smallest absolute Gasteiger partial charge is 0.271 e. The Morgan fingerprint density at radius 3 is 2.50 bits per heavy atom. The molecule has 1 aliphatic carbocycles. The molecule has 0 aromatic heterocycles. The van der Waals surface area contributed by atoms with E-state index in [1.165, 1.54) is 0 Å². The van der Waals surface area contributed by atoms with E-state index in [-0.39, 0.29) is 31.4 Å². The molecule has 0 bridgehead atoms. The number of piperidine rings is 1. The molecule has 2 fully saturated rings. The maximum Gasteiger partial charge on any atom is 0.271 e. The van der Waals surface area contributed by atoms with E-state index in [4.69, 9.17) is 0 Å². The lowest BCUT2D eigenvalue weighted by atomic mass is 9.89. The molecule has 0 radical (unpaired) electrons. The maximum atomic E-state index is 13.4. The highest BCUT2D eigenvalue weighted by atomic mass is 35.5. The summed E-state index contributed by atoms with van der Waals surface area (Å²) in [5.41, 5.74) is 0. The van der Waals surface area contributed by atoms with Crippen LogP contribution in [0.2, 0.25) is 0 Å². The summed E-state index contributed by atoms with van der Waals surface area (Å²) < 4.78 is 26.7.